The van der Waals surface area contributed by atoms with Gasteiger partial charge in [-0.05, 0) is 12.8 Å². The molecule has 0 aliphatic heterocycles. The molecule has 0 atom stereocenters. The molecule has 2 aromatic heterocycles. The van der Waals surface area contributed by atoms with E-state index < -0.39 is 4.92 Å². The van der Waals surface area contributed by atoms with Gasteiger partial charge in [0.2, 0.25) is 11.6 Å². The zero-order valence-corrected chi connectivity index (χ0v) is 21.6. The van der Waals surface area contributed by atoms with Crippen LogP contribution in [0.1, 0.15) is 103 Å². The van der Waals surface area contributed by atoms with E-state index in [0.717, 1.165) is 25.8 Å². The quantitative estimate of drug-likeness (QED) is 0.105. The maximum atomic E-state index is 11.7. The molecule has 2 N–H and O–H groups in total. The smallest absolute Gasteiger partial charge is 0.353 e. The van der Waals surface area contributed by atoms with Gasteiger partial charge in [-0.15, -0.1) is 0 Å². The van der Waals surface area contributed by atoms with E-state index in [0.29, 0.717) is 13.1 Å². The summed E-state index contributed by atoms with van der Waals surface area (Å²) in [4.78, 5) is 23.5. The van der Waals surface area contributed by atoms with E-state index in [1.54, 1.807) is 12.5 Å². The summed E-state index contributed by atoms with van der Waals surface area (Å²) in [6, 6.07) is 0. The fourth-order valence-corrected chi connectivity index (χ4v) is 4.22. The maximum Gasteiger partial charge on any atom is 0.353 e. The van der Waals surface area contributed by atoms with E-state index in [-0.39, 0.29) is 17.3 Å². The second kappa shape index (κ2) is 18.6. The van der Waals surface area contributed by atoms with Gasteiger partial charge in [0.25, 0.3) is 0 Å². The van der Waals surface area contributed by atoms with Crippen LogP contribution in [-0.4, -0.2) is 37.5 Å². The molecule has 0 aromatic carbocycles. The predicted molar refractivity (Wildman–Crippen MR) is 143 cm³/mol. The summed E-state index contributed by atoms with van der Waals surface area (Å²) >= 11 is 0. The van der Waals surface area contributed by atoms with Crippen molar-refractivity contribution in [3.05, 3.63) is 35.2 Å². The largest absolute Gasteiger partial charge is 0.364 e. The fraction of sp³-hybridized carbons (Fsp3) is 0.731. The van der Waals surface area contributed by atoms with Crippen LogP contribution in [0.15, 0.2) is 25.0 Å². The summed E-state index contributed by atoms with van der Waals surface area (Å²) in [7, 11) is 0. The molecule has 0 saturated heterocycles. The van der Waals surface area contributed by atoms with Gasteiger partial charge in [-0.2, -0.15) is 0 Å². The molecule has 0 aliphatic rings. The Morgan fingerprint density at radius 1 is 0.800 bits per heavy atom. The molecule has 0 unspecified atom stereocenters. The monoisotopic (exact) mass is 487 g/mol. The van der Waals surface area contributed by atoms with Crippen molar-refractivity contribution in [2.24, 2.45) is 0 Å². The highest BCUT2D eigenvalue weighted by molar-refractivity contribution is 5.69. The Morgan fingerprint density at radius 2 is 1.31 bits per heavy atom. The SMILES string of the molecule is CCCCCCCCCCCCCCCCNc1ncnc(NCCCn2ccnc2)c1[N+](=O)[O-]. The number of anilines is 2. The van der Waals surface area contributed by atoms with Crippen molar-refractivity contribution in [1.82, 2.24) is 19.5 Å². The maximum absolute atomic E-state index is 11.7. The Labute approximate surface area is 210 Å². The van der Waals surface area contributed by atoms with Crippen molar-refractivity contribution in [3.8, 4) is 0 Å². The van der Waals surface area contributed by atoms with Crippen LogP contribution in [0.4, 0.5) is 17.3 Å². The predicted octanol–water partition coefficient (Wildman–Crippen LogP) is 6.98. The number of nitrogens with zero attached hydrogens (tertiary/aromatic N) is 5. The van der Waals surface area contributed by atoms with Crippen molar-refractivity contribution >= 4 is 17.3 Å². The Hall–Kier alpha value is -2.71. The lowest BCUT2D eigenvalue weighted by Gasteiger charge is -2.10. The van der Waals surface area contributed by atoms with E-state index in [9.17, 15) is 10.1 Å². The molecule has 9 heteroatoms. The Bertz CT molecular complexity index is 799. The highest BCUT2D eigenvalue weighted by Gasteiger charge is 2.22. The molecular formula is C26H45N7O2. The van der Waals surface area contributed by atoms with Crippen LogP contribution in [0.5, 0.6) is 0 Å². The van der Waals surface area contributed by atoms with Gasteiger partial charge in [0.05, 0.1) is 11.3 Å². The molecule has 2 aromatic rings. The Balaban J connectivity index is 1.54. The number of aromatic nitrogens is 4. The van der Waals surface area contributed by atoms with E-state index in [2.05, 4.69) is 32.5 Å². The average Bonchev–Trinajstić information content (AvgIpc) is 3.38. The van der Waals surface area contributed by atoms with Crippen LogP contribution in [0.2, 0.25) is 0 Å². The van der Waals surface area contributed by atoms with E-state index in [1.807, 2.05) is 10.8 Å². The van der Waals surface area contributed by atoms with Crippen molar-refractivity contribution in [2.75, 3.05) is 23.7 Å². The lowest BCUT2D eigenvalue weighted by molar-refractivity contribution is -0.383. The summed E-state index contributed by atoms with van der Waals surface area (Å²) in [6.45, 7) is 4.31. The van der Waals surface area contributed by atoms with E-state index in [4.69, 9.17) is 0 Å². The average molecular weight is 488 g/mol. The number of rotatable bonds is 22. The van der Waals surface area contributed by atoms with Crippen LogP contribution in [0.25, 0.3) is 0 Å². The third-order valence-corrected chi connectivity index (χ3v) is 6.27. The molecular weight excluding hydrogens is 442 g/mol. The van der Waals surface area contributed by atoms with Crippen molar-refractivity contribution in [2.45, 2.75) is 110 Å². The zero-order valence-electron chi connectivity index (χ0n) is 21.6. The number of unbranched alkanes of at least 4 members (excludes halogenated alkanes) is 13. The zero-order chi connectivity index (χ0) is 25.0. The minimum Gasteiger partial charge on any atom is -0.364 e. The molecule has 9 nitrogen and oxygen atoms in total. The van der Waals surface area contributed by atoms with Gasteiger partial charge in [-0.25, -0.2) is 15.0 Å². The lowest BCUT2D eigenvalue weighted by Crippen LogP contribution is -2.12. The highest BCUT2D eigenvalue weighted by Crippen LogP contribution is 2.28. The van der Waals surface area contributed by atoms with Gasteiger partial charge in [0, 0.05) is 32.0 Å². The molecule has 196 valence electrons. The molecule has 0 aliphatic carbocycles. The Kier molecular flexibility index (Phi) is 15.2. The molecule has 0 saturated carbocycles. The molecule has 0 fully saturated rings. The number of nitrogens with one attached hydrogen (secondary N) is 2. The van der Waals surface area contributed by atoms with Crippen LogP contribution >= 0.6 is 0 Å². The molecule has 2 rings (SSSR count). The standard InChI is InChI=1S/C26H45N7O2/c1-2-3-4-5-6-7-8-9-10-11-12-13-14-15-17-28-25-24(33(34)35)26(31-22-30-25)29-18-16-20-32-21-19-27-23-32/h19,21-23H,2-18,20H2,1H3,(H2,28,29,30,31). The van der Waals surface area contributed by atoms with E-state index >= 15 is 0 Å². The highest BCUT2D eigenvalue weighted by atomic mass is 16.6. The van der Waals surface area contributed by atoms with Gasteiger partial charge in [0.15, 0.2) is 0 Å². The third kappa shape index (κ3) is 12.5. The van der Waals surface area contributed by atoms with Gasteiger partial charge in [-0.3, -0.25) is 10.1 Å². The summed E-state index contributed by atoms with van der Waals surface area (Å²) in [5.41, 5.74) is -0.0829. The van der Waals surface area contributed by atoms with Gasteiger partial charge in [0.1, 0.15) is 6.33 Å². The van der Waals surface area contributed by atoms with Crippen LogP contribution in [-0.2, 0) is 6.54 Å². The van der Waals surface area contributed by atoms with Crippen molar-refractivity contribution < 1.29 is 4.92 Å². The number of imidazole rings is 1. The van der Waals surface area contributed by atoms with Gasteiger partial charge >= 0.3 is 5.69 Å². The van der Waals surface area contributed by atoms with Crippen molar-refractivity contribution in [3.63, 3.8) is 0 Å². The number of hydrogen-bond donors (Lipinski definition) is 2. The summed E-state index contributed by atoms with van der Waals surface area (Å²) < 4.78 is 1.97. The topological polar surface area (TPSA) is 111 Å². The molecule has 0 bridgehead atoms. The fourth-order valence-electron chi connectivity index (χ4n) is 4.22. The van der Waals surface area contributed by atoms with Crippen molar-refractivity contribution in [1.29, 1.82) is 0 Å². The first kappa shape index (κ1) is 28.5. The number of aryl methyl sites for hydroxylation is 1. The lowest BCUT2D eigenvalue weighted by atomic mass is 10.0. The third-order valence-electron chi connectivity index (χ3n) is 6.27. The first-order valence-corrected chi connectivity index (χ1v) is 13.6. The summed E-state index contributed by atoms with van der Waals surface area (Å²) in [6.07, 6.45) is 25.9. The molecule has 2 heterocycles. The van der Waals surface area contributed by atoms with Gasteiger partial charge < -0.3 is 15.2 Å². The van der Waals surface area contributed by atoms with Crippen LogP contribution in [0.3, 0.4) is 0 Å². The van der Waals surface area contributed by atoms with Gasteiger partial charge in [-0.1, -0.05) is 90.4 Å². The van der Waals surface area contributed by atoms with E-state index in [1.165, 1.54) is 83.4 Å². The minimum absolute atomic E-state index is 0.0829. The molecule has 0 radical (unpaired) electrons. The first-order valence-electron chi connectivity index (χ1n) is 13.6. The van der Waals surface area contributed by atoms with Crippen LogP contribution in [0, 0.1) is 10.1 Å². The minimum atomic E-state index is -0.411. The summed E-state index contributed by atoms with van der Waals surface area (Å²) in [5, 5.41) is 17.9. The normalized spacial score (nSPS) is 11.0. The molecule has 35 heavy (non-hydrogen) atoms. The second-order valence-corrected chi connectivity index (χ2v) is 9.28. The number of nitro groups is 1. The number of hydrogen-bond acceptors (Lipinski definition) is 7. The first-order chi connectivity index (χ1) is 17.2. The van der Waals surface area contributed by atoms with Crippen LogP contribution < -0.4 is 10.6 Å². The summed E-state index contributed by atoms with van der Waals surface area (Å²) in [5.74, 6) is 0.552. The molecule has 0 amide bonds. The second-order valence-electron chi connectivity index (χ2n) is 9.28. The Morgan fingerprint density at radius 3 is 1.80 bits per heavy atom. The molecule has 0 spiro atoms.